The number of benzene rings is 1. The van der Waals surface area contributed by atoms with E-state index in [1.165, 1.54) is 35.4 Å². The van der Waals surface area contributed by atoms with Gasteiger partial charge in [0, 0.05) is 25.1 Å². The number of imide groups is 1. The van der Waals surface area contributed by atoms with Crippen molar-refractivity contribution in [2.45, 2.75) is 98.2 Å². The van der Waals surface area contributed by atoms with Crippen LogP contribution in [0, 0.1) is 0 Å². The Labute approximate surface area is 309 Å². The van der Waals surface area contributed by atoms with E-state index in [9.17, 15) is 24.0 Å². The second-order valence-corrected chi connectivity index (χ2v) is 15.1. The third-order valence-electron chi connectivity index (χ3n) is 6.98. The summed E-state index contributed by atoms with van der Waals surface area (Å²) in [5.74, 6) is -1.86. The predicted octanol–water partition coefficient (Wildman–Crippen LogP) is 5.67. The highest BCUT2D eigenvalue weighted by Crippen LogP contribution is 2.28. The van der Waals surface area contributed by atoms with Crippen LogP contribution in [0.5, 0.6) is 5.75 Å². The van der Waals surface area contributed by atoms with Crippen LogP contribution in [0.25, 0.3) is 0 Å². The summed E-state index contributed by atoms with van der Waals surface area (Å²) in [6, 6.07) is 12.8. The minimum Gasteiger partial charge on any atom is -0.489 e. The molecule has 0 bridgehead atoms. The molecule has 4 rings (SSSR count). The predicted molar refractivity (Wildman–Crippen MR) is 191 cm³/mol. The fourth-order valence-electron chi connectivity index (χ4n) is 4.81. The van der Waals surface area contributed by atoms with E-state index < -0.39 is 59.5 Å². The number of alkyl carbamates (subject to hydrolysis) is 1. The molecule has 1 aliphatic heterocycles. The first-order valence-corrected chi connectivity index (χ1v) is 17.2. The number of pyridine rings is 2. The summed E-state index contributed by atoms with van der Waals surface area (Å²) in [5, 5.41) is 3.27. The number of hydrogen-bond acceptors (Lipinski definition) is 11. The number of carbonyl (C=O) groups is 5. The standard InChI is InChI=1S/C38H47N5O10/c1-36(2,3)50-33(46)29(53-43-31(44)27-13-10-11-14-28(27)32(43)45)24-49-26-15-16-30(40-23-26)42(35(48)52-38(7,8)9)25-17-21-41(22-18-25)20-12-19-39-34(47)51-37(4,5)6/h10-11,13-18,21-23,29H,12,19-20,24H2,1-9H3/p+1. The van der Waals surface area contributed by atoms with Gasteiger partial charge in [0.1, 0.15) is 41.5 Å². The number of ether oxygens (including phenoxy) is 4. The highest BCUT2D eigenvalue weighted by molar-refractivity contribution is 6.20. The highest BCUT2D eigenvalue weighted by atomic mass is 16.7. The zero-order valence-electron chi connectivity index (χ0n) is 31.6. The van der Waals surface area contributed by atoms with Crippen molar-refractivity contribution in [3.63, 3.8) is 0 Å². The van der Waals surface area contributed by atoms with Crippen LogP contribution in [0.3, 0.4) is 0 Å². The molecule has 3 aromatic rings. The van der Waals surface area contributed by atoms with Crippen LogP contribution in [0.15, 0.2) is 67.1 Å². The highest BCUT2D eigenvalue weighted by Gasteiger charge is 2.41. The maximum absolute atomic E-state index is 13.5. The molecule has 15 heteroatoms. The van der Waals surface area contributed by atoms with Crippen molar-refractivity contribution in [3.05, 3.63) is 78.2 Å². The molecule has 0 fully saturated rings. The maximum Gasteiger partial charge on any atom is 0.420 e. The Bertz CT molecular complexity index is 1760. The first kappa shape index (κ1) is 40.2. The molecule has 284 valence electrons. The third kappa shape index (κ3) is 11.7. The molecule has 15 nitrogen and oxygen atoms in total. The van der Waals surface area contributed by atoms with E-state index in [0.29, 0.717) is 30.3 Å². The average Bonchev–Trinajstić information content (AvgIpc) is 3.28. The molecule has 0 saturated carbocycles. The third-order valence-corrected chi connectivity index (χ3v) is 6.98. The number of nitrogens with one attached hydrogen (secondary N) is 1. The number of hydroxylamine groups is 2. The van der Waals surface area contributed by atoms with Gasteiger partial charge < -0.3 is 24.3 Å². The smallest absolute Gasteiger partial charge is 0.420 e. The molecule has 1 N–H and O–H groups in total. The SMILES string of the molecule is CC(C)(C)OC(=O)NCCC[n+]1ccc(N(C(=O)OC(C)(C)C)c2ccc(OCC(ON3C(=O)c4ccccc4C3=O)C(=O)OC(C)(C)C)cn2)cc1. The van der Waals surface area contributed by atoms with Crippen LogP contribution in [0.1, 0.15) is 89.5 Å². The van der Waals surface area contributed by atoms with Crippen LogP contribution >= 0.6 is 0 Å². The number of aromatic nitrogens is 2. The van der Waals surface area contributed by atoms with Gasteiger partial charge in [0.15, 0.2) is 12.4 Å². The Balaban J connectivity index is 1.46. The van der Waals surface area contributed by atoms with Gasteiger partial charge in [-0.1, -0.05) is 12.1 Å². The number of fused-ring (bicyclic) bond motifs is 1. The largest absolute Gasteiger partial charge is 0.489 e. The van der Waals surface area contributed by atoms with E-state index in [4.69, 9.17) is 23.8 Å². The van der Waals surface area contributed by atoms with Gasteiger partial charge in [0.25, 0.3) is 11.8 Å². The quantitative estimate of drug-likeness (QED) is 0.0800. The summed E-state index contributed by atoms with van der Waals surface area (Å²) in [6.07, 6.45) is 2.93. The van der Waals surface area contributed by atoms with E-state index >= 15 is 0 Å². The number of hydrogen-bond donors (Lipinski definition) is 1. The Hall–Kier alpha value is -5.57. The zero-order valence-corrected chi connectivity index (χ0v) is 31.6. The molecule has 0 spiro atoms. The van der Waals surface area contributed by atoms with Crippen molar-refractivity contribution >= 4 is 41.5 Å². The lowest BCUT2D eigenvalue weighted by Crippen LogP contribution is -2.43. The van der Waals surface area contributed by atoms with E-state index in [1.54, 1.807) is 99.0 Å². The van der Waals surface area contributed by atoms with Gasteiger partial charge in [0.2, 0.25) is 6.10 Å². The van der Waals surface area contributed by atoms with Gasteiger partial charge in [-0.3, -0.25) is 9.59 Å². The lowest BCUT2D eigenvalue weighted by molar-refractivity contribution is -0.697. The number of esters is 1. The number of rotatable bonds is 12. The minimum absolute atomic E-state index is 0.150. The van der Waals surface area contributed by atoms with Crippen LogP contribution in [0.4, 0.5) is 21.1 Å². The van der Waals surface area contributed by atoms with E-state index in [1.807, 2.05) is 4.57 Å². The Morgan fingerprint density at radius 2 is 1.40 bits per heavy atom. The van der Waals surface area contributed by atoms with Gasteiger partial charge in [-0.05, 0) is 86.6 Å². The molecule has 0 saturated heterocycles. The fraction of sp³-hybridized carbons (Fsp3) is 0.447. The molecule has 0 aliphatic carbocycles. The second kappa shape index (κ2) is 16.4. The lowest BCUT2D eigenvalue weighted by atomic mass is 10.1. The number of aryl methyl sites for hydroxylation is 1. The fourth-order valence-corrected chi connectivity index (χ4v) is 4.81. The monoisotopic (exact) mass is 734 g/mol. The van der Waals surface area contributed by atoms with Crippen molar-refractivity contribution in [2.75, 3.05) is 18.1 Å². The van der Waals surface area contributed by atoms with Gasteiger partial charge in [0.05, 0.1) is 23.0 Å². The van der Waals surface area contributed by atoms with E-state index in [-0.39, 0.29) is 22.7 Å². The lowest BCUT2D eigenvalue weighted by Gasteiger charge is -2.27. The molecular formula is C38H48N5O10+. The maximum atomic E-state index is 13.5. The average molecular weight is 735 g/mol. The molecule has 1 aromatic carbocycles. The normalized spacial score (nSPS) is 13.6. The first-order valence-electron chi connectivity index (χ1n) is 17.2. The van der Waals surface area contributed by atoms with Crippen molar-refractivity contribution < 1.29 is 52.3 Å². The molecule has 1 unspecified atom stereocenters. The van der Waals surface area contributed by atoms with Crippen molar-refractivity contribution in [1.82, 2.24) is 15.4 Å². The van der Waals surface area contributed by atoms with Gasteiger partial charge in [-0.2, -0.15) is 0 Å². The zero-order chi connectivity index (χ0) is 39.1. The Kier molecular flexibility index (Phi) is 12.4. The minimum atomic E-state index is -1.50. The molecule has 2 aromatic heterocycles. The van der Waals surface area contributed by atoms with E-state index in [2.05, 4.69) is 10.3 Å². The molecule has 53 heavy (non-hydrogen) atoms. The number of carbonyl (C=O) groups excluding carboxylic acids is 5. The summed E-state index contributed by atoms with van der Waals surface area (Å²) < 4.78 is 24.2. The summed E-state index contributed by atoms with van der Waals surface area (Å²) >= 11 is 0. The molecule has 3 heterocycles. The Morgan fingerprint density at radius 1 is 0.811 bits per heavy atom. The topological polar surface area (TPSA) is 167 Å². The van der Waals surface area contributed by atoms with Crippen LogP contribution in [0.2, 0.25) is 0 Å². The summed E-state index contributed by atoms with van der Waals surface area (Å²) in [5.41, 5.74) is -1.51. The molecule has 0 radical (unpaired) electrons. The van der Waals surface area contributed by atoms with Gasteiger partial charge in [-0.15, -0.1) is 5.06 Å². The number of amides is 4. The number of nitrogens with zero attached hydrogens (tertiary/aromatic N) is 4. The second-order valence-electron chi connectivity index (χ2n) is 15.1. The summed E-state index contributed by atoms with van der Waals surface area (Å²) in [6.45, 7) is 16.2. The summed E-state index contributed by atoms with van der Waals surface area (Å²) in [4.78, 5) is 75.8. The van der Waals surface area contributed by atoms with Crippen LogP contribution in [-0.4, -0.2) is 76.1 Å². The van der Waals surface area contributed by atoms with Gasteiger partial charge in [-0.25, -0.2) is 33.7 Å². The van der Waals surface area contributed by atoms with Crippen LogP contribution in [-0.2, 0) is 30.4 Å². The number of anilines is 2. The summed E-state index contributed by atoms with van der Waals surface area (Å²) in [7, 11) is 0. The van der Waals surface area contributed by atoms with Crippen molar-refractivity contribution in [2.24, 2.45) is 0 Å². The van der Waals surface area contributed by atoms with Crippen molar-refractivity contribution in [3.8, 4) is 5.75 Å². The van der Waals surface area contributed by atoms with Crippen molar-refractivity contribution in [1.29, 1.82) is 0 Å². The Morgan fingerprint density at radius 3 is 1.92 bits per heavy atom. The molecule has 1 aliphatic rings. The molecular weight excluding hydrogens is 686 g/mol. The molecule has 1 atom stereocenters. The van der Waals surface area contributed by atoms with Crippen LogP contribution < -0.4 is 19.5 Å². The first-order chi connectivity index (χ1) is 24.7. The van der Waals surface area contributed by atoms with Gasteiger partial charge >= 0.3 is 18.2 Å². The molecule has 4 amide bonds. The van der Waals surface area contributed by atoms with E-state index in [0.717, 1.165) is 0 Å².